The third-order valence-electron chi connectivity index (χ3n) is 5.66. The summed E-state index contributed by atoms with van der Waals surface area (Å²) < 4.78 is 1.98. The first-order valence-corrected chi connectivity index (χ1v) is 9.62. The highest BCUT2D eigenvalue weighted by molar-refractivity contribution is 5.76. The van der Waals surface area contributed by atoms with Crippen molar-refractivity contribution in [1.29, 1.82) is 0 Å². The number of carbonyl (C=O) groups excluding carboxylic acids is 1. The van der Waals surface area contributed by atoms with E-state index in [1.54, 1.807) is 12.4 Å². The highest BCUT2D eigenvalue weighted by Gasteiger charge is 2.30. The number of hydrogen-bond acceptors (Lipinski definition) is 4. The van der Waals surface area contributed by atoms with Gasteiger partial charge in [0.15, 0.2) is 0 Å². The van der Waals surface area contributed by atoms with Crippen molar-refractivity contribution in [2.24, 2.45) is 5.92 Å². The third kappa shape index (κ3) is 3.65. The SMILES string of the molecule is O=C(CCc1ccncc1)N1CCCn2nc([C@H](O)C3CCC3)cc2C1. The third-order valence-corrected chi connectivity index (χ3v) is 5.66. The number of aromatic nitrogens is 3. The van der Waals surface area contributed by atoms with Crippen molar-refractivity contribution in [3.8, 4) is 0 Å². The molecule has 1 atom stereocenters. The molecule has 138 valence electrons. The van der Waals surface area contributed by atoms with Gasteiger partial charge in [-0.25, -0.2) is 0 Å². The number of fused-ring (bicyclic) bond motifs is 1. The molecule has 1 aliphatic heterocycles. The Hall–Kier alpha value is -2.21. The van der Waals surface area contributed by atoms with E-state index in [0.29, 0.717) is 18.9 Å². The molecule has 6 heteroatoms. The van der Waals surface area contributed by atoms with Gasteiger partial charge < -0.3 is 10.0 Å². The summed E-state index contributed by atoms with van der Waals surface area (Å²) in [6.45, 7) is 2.15. The first-order chi connectivity index (χ1) is 12.7. The van der Waals surface area contributed by atoms with Crippen LogP contribution < -0.4 is 0 Å². The summed E-state index contributed by atoms with van der Waals surface area (Å²) in [4.78, 5) is 18.6. The van der Waals surface area contributed by atoms with E-state index < -0.39 is 6.10 Å². The van der Waals surface area contributed by atoms with Crippen molar-refractivity contribution >= 4 is 5.91 Å². The molecule has 0 aromatic carbocycles. The smallest absolute Gasteiger partial charge is 0.223 e. The number of rotatable bonds is 5. The Bertz CT molecular complexity index is 754. The Kier molecular flexibility index (Phi) is 5.02. The fraction of sp³-hybridized carbons (Fsp3) is 0.550. The van der Waals surface area contributed by atoms with E-state index in [-0.39, 0.29) is 5.91 Å². The highest BCUT2D eigenvalue weighted by atomic mass is 16.3. The average molecular weight is 354 g/mol. The molecule has 2 aromatic heterocycles. The lowest BCUT2D eigenvalue weighted by molar-refractivity contribution is -0.131. The molecule has 1 fully saturated rings. The molecule has 0 bridgehead atoms. The lowest BCUT2D eigenvalue weighted by Gasteiger charge is -2.29. The predicted molar refractivity (Wildman–Crippen MR) is 97.1 cm³/mol. The second-order valence-corrected chi connectivity index (χ2v) is 7.44. The second-order valence-electron chi connectivity index (χ2n) is 7.44. The van der Waals surface area contributed by atoms with Crippen LogP contribution in [0.5, 0.6) is 0 Å². The first-order valence-electron chi connectivity index (χ1n) is 9.62. The molecular weight excluding hydrogens is 328 g/mol. The van der Waals surface area contributed by atoms with Gasteiger partial charge in [-0.1, -0.05) is 6.42 Å². The van der Waals surface area contributed by atoms with Crippen LogP contribution in [0, 0.1) is 5.92 Å². The lowest BCUT2D eigenvalue weighted by atomic mass is 9.80. The molecule has 26 heavy (non-hydrogen) atoms. The van der Waals surface area contributed by atoms with Crippen LogP contribution in [-0.2, 0) is 24.3 Å². The molecule has 3 heterocycles. The van der Waals surface area contributed by atoms with Crippen LogP contribution in [-0.4, -0.2) is 37.2 Å². The van der Waals surface area contributed by atoms with Gasteiger partial charge in [0.25, 0.3) is 0 Å². The molecule has 2 aromatic rings. The number of carbonyl (C=O) groups is 1. The molecule has 0 spiro atoms. The maximum absolute atomic E-state index is 12.7. The first kappa shape index (κ1) is 17.2. The van der Waals surface area contributed by atoms with Crippen molar-refractivity contribution in [2.75, 3.05) is 6.54 Å². The van der Waals surface area contributed by atoms with E-state index in [1.165, 1.54) is 6.42 Å². The molecule has 6 nitrogen and oxygen atoms in total. The monoisotopic (exact) mass is 354 g/mol. The number of aliphatic hydroxyl groups excluding tert-OH is 1. The van der Waals surface area contributed by atoms with Gasteiger partial charge in [-0.3, -0.25) is 14.5 Å². The molecule has 0 radical (unpaired) electrons. The largest absolute Gasteiger partial charge is 0.386 e. The molecule has 2 aliphatic rings. The van der Waals surface area contributed by atoms with Gasteiger partial charge in [-0.15, -0.1) is 0 Å². The summed E-state index contributed by atoms with van der Waals surface area (Å²) in [5.41, 5.74) is 2.95. The number of nitrogens with zero attached hydrogens (tertiary/aromatic N) is 4. The van der Waals surface area contributed by atoms with Gasteiger partial charge >= 0.3 is 0 Å². The minimum absolute atomic E-state index is 0.178. The summed E-state index contributed by atoms with van der Waals surface area (Å²) >= 11 is 0. The summed E-state index contributed by atoms with van der Waals surface area (Å²) in [7, 11) is 0. The van der Waals surface area contributed by atoms with Crippen LogP contribution in [0.2, 0.25) is 0 Å². The number of hydrogen-bond donors (Lipinski definition) is 1. The minimum atomic E-state index is -0.459. The Balaban J connectivity index is 1.40. The van der Waals surface area contributed by atoms with Crippen molar-refractivity contribution in [2.45, 2.75) is 57.7 Å². The Morgan fingerprint density at radius 2 is 2.04 bits per heavy atom. The van der Waals surface area contributed by atoms with E-state index in [9.17, 15) is 9.90 Å². The predicted octanol–water partition coefficient (Wildman–Crippen LogP) is 2.48. The molecule has 1 N–H and O–H groups in total. The molecule has 0 unspecified atom stereocenters. The zero-order valence-electron chi connectivity index (χ0n) is 15.0. The normalized spacial score (nSPS) is 18.7. The molecule has 0 saturated heterocycles. The molecular formula is C20H26N4O2. The van der Waals surface area contributed by atoms with E-state index in [2.05, 4.69) is 10.1 Å². The van der Waals surface area contributed by atoms with Gasteiger partial charge in [-0.05, 0) is 55.4 Å². The van der Waals surface area contributed by atoms with Gasteiger partial charge in [0, 0.05) is 31.9 Å². The van der Waals surface area contributed by atoms with E-state index in [0.717, 1.165) is 55.7 Å². The van der Waals surface area contributed by atoms with Crippen LogP contribution in [0.25, 0.3) is 0 Å². The van der Waals surface area contributed by atoms with Gasteiger partial charge in [0.1, 0.15) is 6.10 Å². The Morgan fingerprint density at radius 1 is 1.23 bits per heavy atom. The molecule has 1 aliphatic carbocycles. The second kappa shape index (κ2) is 7.58. The van der Waals surface area contributed by atoms with Crippen LogP contribution in [0.4, 0.5) is 0 Å². The fourth-order valence-corrected chi connectivity index (χ4v) is 3.80. The summed E-state index contributed by atoms with van der Waals surface area (Å²) in [5.74, 6) is 0.532. The van der Waals surface area contributed by atoms with Gasteiger partial charge in [-0.2, -0.15) is 5.10 Å². The minimum Gasteiger partial charge on any atom is -0.386 e. The van der Waals surface area contributed by atoms with Crippen LogP contribution >= 0.6 is 0 Å². The Labute approximate surface area is 153 Å². The van der Waals surface area contributed by atoms with Crippen molar-refractivity contribution in [3.63, 3.8) is 0 Å². The zero-order valence-corrected chi connectivity index (χ0v) is 15.0. The van der Waals surface area contributed by atoms with Gasteiger partial charge in [0.2, 0.25) is 5.91 Å². The van der Waals surface area contributed by atoms with Crippen molar-refractivity contribution in [1.82, 2.24) is 19.7 Å². The highest BCUT2D eigenvalue weighted by Crippen LogP contribution is 2.37. The molecule has 1 amide bonds. The number of pyridine rings is 1. The van der Waals surface area contributed by atoms with Crippen LogP contribution in [0.15, 0.2) is 30.6 Å². The molecule has 1 saturated carbocycles. The standard InChI is InChI=1S/C20H26N4O2/c25-19(6-5-15-7-9-21-10-8-15)23-11-2-12-24-17(14-23)13-18(22-24)20(26)16-3-1-4-16/h7-10,13,16,20,26H,1-6,11-12,14H2/t20-/m1/s1. The summed E-state index contributed by atoms with van der Waals surface area (Å²) in [6, 6.07) is 5.91. The number of aryl methyl sites for hydroxylation is 2. The summed E-state index contributed by atoms with van der Waals surface area (Å²) in [5, 5.41) is 15.1. The number of amides is 1. The lowest BCUT2D eigenvalue weighted by Crippen LogP contribution is -2.30. The topological polar surface area (TPSA) is 71.2 Å². The number of aliphatic hydroxyl groups is 1. The van der Waals surface area contributed by atoms with Crippen LogP contribution in [0.1, 0.15) is 55.2 Å². The van der Waals surface area contributed by atoms with Crippen molar-refractivity contribution < 1.29 is 9.90 Å². The average Bonchev–Trinajstić information content (AvgIpc) is 2.91. The van der Waals surface area contributed by atoms with E-state index in [1.807, 2.05) is 27.8 Å². The maximum Gasteiger partial charge on any atom is 0.223 e. The molecule has 4 rings (SSSR count). The van der Waals surface area contributed by atoms with E-state index in [4.69, 9.17) is 0 Å². The summed E-state index contributed by atoms with van der Waals surface area (Å²) in [6.07, 6.45) is 8.59. The zero-order chi connectivity index (χ0) is 17.9. The van der Waals surface area contributed by atoms with Gasteiger partial charge in [0.05, 0.1) is 17.9 Å². The maximum atomic E-state index is 12.7. The Morgan fingerprint density at radius 3 is 2.77 bits per heavy atom. The fourth-order valence-electron chi connectivity index (χ4n) is 3.80. The van der Waals surface area contributed by atoms with Crippen molar-refractivity contribution in [3.05, 3.63) is 47.5 Å². The quantitative estimate of drug-likeness (QED) is 0.895. The van der Waals surface area contributed by atoms with Crippen LogP contribution in [0.3, 0.4) is 0 Å². The van der Waals surface area contributed by atoms with E-state index >= 15 is 0 Å².